The van der Waals surface area contributed by atoms with Crippen molar-refractivity contribution in [2.45, 2.75) is 39.2 Å². The van der Waals surface area contributed by atoms with Crippen LogP contribution >= 0.6 is 0 Å². The summed E-state index contributed by atoms with van der Waals surface area (Å²) < 4.78 is 1.63. The average molecular weight is 279 g/mol. The van der Waals surface area contributed by atoms with Gasteiger partial charge in [-0.25, -0.2) is 0 Å². The zero-order valence-corrected chi connectivity index (χ0v) is 12.2. The fraction of sp³-hybridized carbons (Fsp3) is 0.643. The summed E-state index contributed by atoms with van der Waals surface area (Å²) in [6, 6.07) is -0.279. The van der Waals surface area contributed by atoms with Gasteiger partial charge in [-0.3, -0.25) is 14.3 Å². The number of piperidine rings is 1. The quantitative estimate of drug-likeness (QED) is 0.905. The molecule has 110 valence electrons. The highest BCUT2D eigenvalue weighted by molar-refractivity contribution is 5.95. The van der Waals surface area contributed by atoms with E-state index in [1.807, 2.05) is 13.8 Å². The SMILES string of the molecule is CCc1nn(C)cc1C(=O)N1CCC[C@H](C(=O)O)[C@@H]1C. The van der Waals surface area contributed by atoms with Crippen molar-refractivity contribution in [1.82, 2.24) is 14.7 Å². The molecule has 0 unspecified atom stereocenters. The van der Waals surface area contributed by atoms with Crippen LogP contribution in [0.4, 0.5) is 0 Å². The number of amides is 1. The van der Waals surface area contributed by atoms with E-state index >= 15 is 0 Å². The van der Waals surface area contributed by atoms with Crippen molar-refractivity contribution in [2.75, 3.05) is 6.54 Å². The van der Waals surface area contributed by atoms with Crippen molar-refractivity contribution in [2.24, 2.45) is 13.0 Å². The molecule has 1 aliphatic rings. The highest BCUT2D eigenvalue weighted by Crippen LogP contribution is 2.26. The highest BCUT2D eigenvalue weighted by atomic mass is 16.4. The van der Waals surface area contributed by atoms with E-state index in [9.17, 15) is 14.7 Å². The summed E-state index contributed by atoms with van der Waals surface area (Å²) in [6.45, 7) is 4.39. The van der Waals surface area contributed by atoms with Crippen LogP contribution in [0.25, 0.3) is 0 Å². The predicted molar refractivity (Wildman–Crippen MR) is 73.4 cm³/mol. The van der Waals surface area contributed by atoms with E-state index < -0.39 is 11.9 Å². The number of hydrogen-bond acceptors (Lipinski definition) is 3. The Morgan fingerprint density at radius 1 is 1.50 bits per heavy atom. The number of hydrogen-bond donors (Lipinski definition) is 1. The lowest BCUT2D eigenvalue weighted by atomic mass is 9.90. The topological polar surface area (TPSA) is 75.4 Å². The Labute approximate surface area is 118 Å². The van der Waals surface area contributed by atoms with Gasteiger partial charge in [0.15, 0.2) is 0 Å². The maximum absolute atomic E-state index is 12.7. The lowest BCUT2D eigenvalue weighted by molar-refractivity contribution is -0.144. The number of likely N-dealkylation sites (tertiary alicyclic amines) is 1. The van der Waals surface area contributed by atoms with Gasteiger partial charge < -0.3 is 10.0 Å². The minimum atomic E-state index is -0.822. The number of carboxylic acid groups (broad SMARTS) is 1. The molecule has 2 heterocycles. The molecule has 0 bridgehead atoms. The molecule has 0 aliphatic carbocycles. The van der Waals surface area contributed by atoms with E-state index in [0.29, 0.717) is 24.9 Å². The highest BCUT2D eigenvalue weighted by Gasteiger charge is 2.36. The summed E-state index contributed by atoms with van der Waals surface area (Å²) in [5.74, 6) is -1.40. The summed E-state index contributed by atoms with van der Waals surface area (Å²) in [5, 5.41) is 13.5. The summed E-state index contributed by atoms with van der Waals surface area (Å²) in [4.78, 5) is 25.6. The molecule has 1 saturated heterocycles. The van der Waals surface area contributed by atoms with Crippen LogP contribution < -0.4 is 0 Å². The average Bonchev–Trinajstić information content (AvgIpc) is 2.79. The second kappa shape index (κ2) is 5.64. The van der Waals surface area contributed by atoms with Crippen molar-refractivity contribution >= 4 is 11.9 Å². The number of aromatic nitrogens is 2. The molecule has 1 aliphatic heterocycles. The molecule has 2 rings (SSSR count). The molecule has 1 amide bonds. The Kier molecular flexibility index (Phi) is 4.11. The smallest absolute Gasteiger partial charge is 0.308 e. The molecule has 1 N–H and O–H groups in total. The van der Waals surface area contributed by atoms with E-state index in [-0.39, 0.29) is 11.9 Å². The number of nitrogens with zero attached hydrogens (tertiary/aromatic N) is 3. The van der Waals surface area contributed by atoms with Gasteiger partial charge in [-0.05, 0) is 26.2 Å². The normalized spacial score (nSPS) is 22.9. The molecule has 0 spiro atoms. The lowest BCUT2D eigenvalue weighted by Crippen LogP contribution is -2.49. The standard InChI is InChI=1S/C14H21N3O3/c1-4-12-11(8-16(3)15-12)13(18)17-7-5-6-10(9(17)2)14(19)20/h8-10H,4-7H2,1-3H3,(H,19,20)/t9-,10-/m0/s1. The zero-order chi connectivity index (χ0) is 14.9. The fourth-order valence-electron chi connectivity index (χ4n) is 2.89. The molecular formula is C14H21N3O3. The first-order chi connectivity index (χ1) is 9.45. The number of carboxylic acids is 1. The van der Waals surface area contributed by atoms with Crippen LogP contribution in [0.3, 0.4) is 0 Å². The second-order valence-electron chi connectivity index (χ2n) is 5.34. The fourth-order valence-corrected chi connectivity index (χ4v) is 2.89. The van der Waals surface area contributed by atoms with Gasteiger partial charge in [0.2, 0.25) is 0 Å². The molecule has 1 aromatic heterocycles. The van der Waals surface area contributed by atoms with Crippen LogP contribution in [0.15, 0.2) is 6.20 Å². The Bertz CT molecular complexity index is 524. The molecule has 1 fully saturated rings. The first-order valence-corrected chi connectivity index (χ1v) is 7.02. The summed E-state index contributed by atoms with van der Waals surface area (Å²) in [7, 11) is 1.79. The van der Waals surface area contributed by atoms with Crippen LogP contribution in [0.5, 0.6) is 0 Å². The molecular weight excluding hydrogens is 258 g/mol. The minimum absolute atomic E-state index is 0.103. The van der Waals surface area contributed by atoms with E-state index in [0.717, 1.165) is 12.1 Å². The Hall–Kier alpha value is -1.85. The molecule has 6 nitrogen and oxygen atoms in total. The minimum Gasteiger partial charge on any atom is -0.481 e. The maximum Gasteiger partial charge on any atom is 0.308 e. The van der Waals surface area contributed by atoms with Gasteiger partial charge in [0, 0.05) is 25.8 Å². The monoisotopic (exact) mass is 279 g/mol. The van der Waals surface area contributed by atoms with Crippen molar-refractivity contribution in [3.63, 3.8) is 0 Å². The third-order valence-electron chi connectivity index (χ3n) is 4.04. The number of rotatable bonds is 3. The van der Waals surface area contributed by atoms with E-state index in [1.54, 1.807) is 22.8 Å². The third kappa shape index (κ3) is 2.55. The number of carbonyl (C=O) groups excluding carboxylic acids is 1. The molecule has 0 radical (unpaired) electrons. The van der Waals surface area contributed by atoms with Gasteiger partial charge in [0.25, 0.3) is 5.91 Å². The van der Waals surface area contributed by atoms with E-state index in [2.05, 4.69) is 5.10 Å². The molecule has 2 atom stereocenters. The van der Waals surface area contributed by atoms with Gasteiger partial charge in [-0.1, -0.05) is 6.92 Å². The van der Waals surface area contributed by atoms with Crippen LogP contribution in [-0.4, -0.2) is 44.3 Å². The van der Waals surface area contributed by atoms with Crippen molar-refractivity contribution in [1.29, 1.82) is 0 Å². The maximum atomic E-state index is 12.7. The molecule has 0 saturated carbocycles. The zero-order valence-electron chi connectivity index (χ0n) is 12.2. The second-order valence-corrected chi connectivity index (χ2v) is 5.34. The summed E-state index contributed by atoms with van der Waals surface area (Å²) in [6.07, 6.45) is 3.77. The van der Waals surface area contributed by atoms with E-state index in [1.165, 1.54) is 0 Å². The largest absolute Gasteiger partial charge is 0.481 e. The molecule has 20 heavy (non-hydrogen) atoms. The van der Waals surface area contributed by atoms with Crippen LogP contribution in [0.2, 0.25) is 0 Å². The predicted octanol–water partition coefficient (Wildman–Crippen LogP) is 1.31. The van der Waals surface area contributed by atoms with Crippen LogP contribution in [-0.2, 0) is 18.3 Å². The van der Waals surface area contributed by atoms with E-state index in [4.69, 9.17) is 0 Å². The number of aliphatic carboxylic acids is 1. The van der Waals surface area contributed by atoms with Gasteiger partial charge in [-0.15, -0.1) is 0 Å². The number of aryl methyl sites for hydroxylation is 2. The van der Waals surface area contributed by atoms with Crippen LogP contribution in [0.1, 0.15) is 42.7 Å². The van der Waals surface area contributed by atoms with Gasteiger partial charge >= 0.3 is 5.97 Å². The van der Waals surface area contributed by atoms with Crippen molar-refractivity contribution < 1.29 is 14.7 Å². The third-order valence-corrected chi connectivity index (χ3v) is 4.04. The molecule has 0 aromatic carbocycles. The van der Waals surface area contributed by atoms with Crippen LogP contribution in [0, 0.1) is 5.92 Å². The van der Waals surface area contributed by atoms with Crippen molar-refractivity contribution in [3.8, 4) is 0 Å². The Morgan fingerprint density at radius 3 is 2.80 bits per heavy atom. The van der Waals surface area contributed by atoms with Gasteiger partial charge in [0.05, 0.1) is 17.2 Å². The first-order valence-electron chi connectivity index (χ1n) is 7.02. The summed E-state index contributed by atoms with van der Waals surface area (Å²) >= 11 is 0. The Morgan fingerprint density at radius 2 is 2.20 bits per heavy atom. The lowest BCUT2D eigenvalue weighted by Gasteiger charge is -2.37. The summed E-state index contributed by atoms with van der Waals surface area (Å²) in [5.41, 5.74) is 1.36. The van der Waals surface area contributed by atoms with Gasteiger partial charge in [0.1, 0.15) is 0 Å². The van der Waals surface area contributed by atoms with Gasteiger partial charge in [-0.2, -0.15) is 5.10 Å². The number of carbonyl (C=O) groups is 2. The Balaban J connectivity index is 2.25. The first kappa shape index (κ1) is 14.6. The van der Waals surface area contributed by atoms with Crippen molar-refractivity contribution in [3.05, 3.63) is 17.5 Å². The molecule has 6 heteroatoms. The molecule has 1 aromatic rings.